The molecule has 0 aromatic heterocycles. The minimum atomic E-state index is -4.86. The first-order valence-corrected chi connectivity index (χ1v) is 13.7. The fourth-order valence-electron chi connectivity index (χ4n) is 5.03. The Morgan fingerprint density at radius 2 is 1.74 bits per heavy atom. The van der Waals surface area contributed by atoms with E-state index in [1.165, 1.54) is 37.3 Å². The fraction of sp³-hybridized carbons (Fsp3) is 0.290. The SMILES string of the molecule is COC(=O)C1=C[C@@H](COc2cc(N[C@H](C(=O)N3CCc4ccc(OC(F)(F)F)cc43)c3ccc(Cl)cc3)cc(OC)c2)C1. The van der Waals surface area contributed by atoms with E-state index < -0.39 is 18.2 Å². The van der Waals surface area contributed by atoms with Crippen molar-refractivity contribution in [2.24, 2.45) is 5.92 Å². The number of nitrogens with zero attached hydrogens (tertiary/aromatic N) is 1. The lowest BCUT2D eigenvalue weighted by molar-refractivity contribution is -0.274. The second-order valence-electron chi connectivity index (χ2n) is 10.1. The average molecular weight is 617 g/mol. The van der Waals surface area contributed by atoms with E-state index in [1.807, 2.05) is 0 Å². The molecule has 5 rings (SSSR count). The van der Waals surface area contributed by atoms with E-state index in [9.17, 15) is 22.8 Å². The van der Waals surface area contributed by atoms with Gasteiger partial charge in [-0.2, -0.15) is 0 Å². The monoisotopic (exact) mass is 616 g/mol. The molecule has 12 heteroatoms. The molecular formula is C31H28ClF3N2O6. The Morgan fingerprint density at radius 1 is 1.02 bits per heavy atom. The van der Waals surface area contributed by atoms with Crippen LogP contribution in [0.4, 0.5) is 24.5 Å². The molecule has 2 atom stereocenters. The predicted octanol–water partition coefficient (Wildman–Crippen LogP) is 6.49. The van der Waals surface area contributed by atoms with E-state index in [4.69, 9.17) is 25.8 Å². The Bertz CT molecular complexity index is 1540. The Hall–Kier alpha value is -4.38. The zero-order valence-electron chi connectivity index (χ0n) is 23.2. The number of esters is 1. The summed E-state index contributed by atoms with van der Waals surface area (Å²) in [5.74, 6) is -0.151. The molecule has 226 valence electrons. The largest absolute Gasteiger partial charge is 0.573 e. The van der Waals surface area contributed by atoms with Crippen molar-refractivity contribution in [3.8, 4) is 17.2 Å². The molecule has 3 aromatic carbocycles. The minimum Gasteiger partial charge on any atom is -0.497 e. The van der Waals surface area contributed by atoms with Gasteiger partial charge in [-0.3, -0.25) is 4.79 Å². The van der Waals surface area contributed by atoms with E-state index in [1.54, 1.807) is 48.5 Å². The summed E-state index contributed by atoms with van der Waals surface area (Å²) >= 11 is 6.11. The topological polar surface area (TPSA) is 86.3 Å². The van der Waals surface area contributed by atoms with Crippen LogP contribution in [-0.4, -0.2) is 45.6 Å². The van der Waals surface area contributed by atoms with Crippen LogP contribution < -0.4 is 24.4 Å². The van der Waals surface area contributed by atoms with Crippen molar-refractivity contribution in [3.05, 3.63) is 88.5 Å². The standard InChI is InChI=1S/C31H28ClF3N2O6/c1-40-25-13-23(14-26(15-25)42-17-18-11-21(12-18)30(39)41-2)36-28(20-3-6-22(32)7-4-20)29(38)37-10-9-19-5-8-24(16-27(19)37)43-31(33,34)35/h3-8,11,13-16,18,28,36H,9-10,12,17H2,1-2H3/t18-,28+/m1/s1. The second kappa shape index (κ2) is 12.5. The van der Waals surface area contributed by atoms with Gasteiger partial charge in [-0.25, -0.2) is 4.79 Å². The molecule has 1 heterocycles. The van der Waals surface area contributed by atoms with Crippen LogP contribution in [0.2, 0.25) is 5.02 Å². The van der Waals surface area contributed by atoms with Crippen molar-refractivity contribution in [1.82, 2.24) is 0 Å². The first-order valence-electron chi connectivity index (χ1n) is 13.4. The third-order valence-corrected chi connectivity index (χ3v) is 7.41. The van der Waals surface area contributed by atoms with Gasteiger partial charge in [0.15, 0.2) is 0 Å². The molecule has 1 N–H and O–H groups in total. The number of benzene rings is 3. The summed E-state index contributed by atoms with van der Waals surface area (Å²) in [6, 6.07) is 14.9. The number of carbonyl (C=O) groups is 2. The number of fused-ring (bicyclic) bond motifs is 1. The number of hydrogen-bond donors (Lipinski definition) is 1. The first kappa shape index (κ1) is 30.1. The van der Waals surface area contributed by atoms with E-state index in [-0.39, 0.29) is 24.3 Å². The van der Waals surface area contributed by atoms with Gasteiger partial charge in [-0.15, -0.1) is 13.2 Å². The molecular weight excluding hydrogens is 589 g/mol. The van der Waals surface area contributed by atoms with Crippen molar-refractivity contribution >= 4 is 34.9 Å². The van der Waals surface area contributed by atoms with Gasteiger partial charge in [-0.05, 0) is 42.2 Å². The van der Waals surface area contributed by atoms with Gasteiger partial charge in [0.25, 0.3) is 5.91 Å². The molecule has 1 aliphatic heterocycles. The summed E-state index contributed by atoms with van der Waals surface area (Å²) in [6.07, 6.45) is -2.04. The fourth-order valence-corrected chi connectivity index (χ4v) is 5.16. The molecule has 0 bridgehead atoms. The van der Waals surface area contributed by atoms with Crippen LogP contribution in [0.5, 0.6) is 17.2 Å². The third kappa shape index (κ3) is 7.16. The molecule has 43 heavy (non-hydrogen) atoms. The number of amides is 1. The van der Waals surface area contributed by atoms with Crippen molar-refractivity contribution < 1.29 is 41.7 Å². The lowest BCUT2D eigenvalue weighted by Gasteiger charge is -2.27. The summed E-state index contributed by atoms with van der Waals surface area (Å²) < 4.78 is 58.9. The van der Waals surface area contributed by atoms with Gasteiger partial charge < -0.3 is 29.2 Å². The number of methoxy groups -OCH3 is 2. The van der Waals surface area contributed by atoms with Gasteiger partial charge in [-0.1, -0.05) is 35.9 Å². The van der Waals surface area contributed by atoms with Crippen LogP contribution in [0.3, 0.4) is 0 Å². The molecule has 8 nitrogen and oxygen atoms in total. The number of alkyl halides is 3. The highest BCUT2D eigenvalue weighted by Crippen LogP contribution is 2.37. The molecule has 0 radical (unpaired) electrons. The number of halogens is 4. The van der Waals surface area contributed by atoms with Crippen LogP contribution in [0, 0.1) is 5.92 Å². The summed E-state index contributed by atoms with van der Waals surface area (Å²) in [6.45, 7) is 0.601. The van der Waals surface area contributed by atoms with Crippen LogP contribution >= 0.6 is 11.6 Å². The number of ether oxygens (including phenoxy) is 4. The summed E-state index contributed by atoms with van der Waals surface area (Å²) in [4.78, 5) is 27.1. The molecule has 0 spiro atoms. The Labute approximate surface area is 250 Å². The molecule has 0 saturated carbocycles. The van der Waals surface area contributed by atoms with Crippen LogP contribution in [0.25, 0.3) is 0 Å². The van der Waals surface area contributed by atoms with E-state index in [0.717, 1.165) is 5.56 Å². The number of rotatable bonds is 10. The maximum absolute atomic E-state index is 14.1. The Kier molecular flexibility index (Phi) is 8.72. The van der Waals surface area contributed by atoms with Crippen LogP contribution in [0.15, 0.2) is 72.3 Å². The Morgan fingerprint density at radius 3 is 2.42 bits per heavy atom. The zero-order chi connectivity index (χ0) is 30.7. The van der Waals surface area contributed by atoms with Crippen LogP contribution in [-0.2, 0) is 20.7 Å². The van der Waals surface area contributed by atoms with Crippen molar-refractivity contribution in [2.45, 2.75) is 25.2 Å². The van der Waals surface area contributed by atoms with Gasteiger partial charge in [0, 0.05) is 53.0 Å². The maximum Gasteiger partial charge on any atom is 0.573 e. The molecule has 0 saturated heterocycles. The minimum absolute atomic E-state index is 0.0431. The van der Waals surface area contributed by atoms with Crippen molar-refractivity contribution in [1.29, 1.82) is 0 Å². The molecule has 3 aromatic rings. The summed E-state index contributed by atoms with van der Waals surface area (Å²) in [7, 11) is 2.84. The van der Waals surface area contributed by atoms with Crippen LogP contribution in [0.1, 0.15) is 23.6 Å². The zero-order valence-corrected chi connectivity index (χ0v) is 24.0. The molecule has 1 amide bonds. The van der Waals surface area contributed by atoms with Gasteiger partial charge in [0.05, 0.1) is 26.5 Å². The van der Waals surface area contributed by atoms with E-state index >= 15 is 0 Å². The quantitative estimate of drug-likeness (QED) is 0.261. The van der Waals surface area contributed by atoms with Crippen molar-refractivity contribution in [3.63, 3.8) is 0 Å². The highest BCUT2D eigenvalue weighted by atomic mass is 35.5. The smallest absolute Gasteiger partial charge is 0.497 e. The second-order valence-corrected chi connectivity index (χ2v) is 10.5. The van der Waals surface area contributed by atoms with Gasteiger partial charge in [0.2, 0.25) is 0 Å². The lowest BCUT2D eigenvalue weighted by atomic mass is 9.87. The molecule has 2 aliphatic rings. The third-order valence-electron chi connectivity index (χ3n) is 7.16. The predicted molar refractivity (Wildman–Crippen MR) is 154 cm³/mol. The Balaban J connectivity index is 1.40. The van der Waals surface area contributed by atoms with E-state index in [2.05, 4.69) is 10.1 Å². The van der Waals surface area contributed by atoms with Crippen molar-refractivity contribution in [2.75, 3.05) is 37.6 Å². The van der Waals surface area contributed by atoms with Gasteiger partial charge in [0.1, 0.15) is 23.3 Å². The first-order chi connectivity index (χ1) is 20.5. The number of hydrogen-bond acceptors (Lipinski definition) is 7. The molecule has 1 aliphatic carbocycles. The lowest BCUT2D eigenvalue weighted by Crippen LogP contribution is -2.37. The summed E-state index contributed by atoms with van der Waals surface area (Å²) in [5, 5.41) is 3.74. The highest BCUT2D eigenvalue weighted by molar-refractivity contribution is 6.30. The molecule has 0 fully saturated rings. The normalized spacial score (nSPS) is 16.4. The van der Waals surface area contributed by atoms with Gasteiger partial charge >= 0.3 is 12.3 Å². The summed E-state index contributed by atoms with van der Waals surface area (Å²) in [5.41, 5.74) is 2.78. The maximum atomic E-state index is 14.1. The number of carbonyl (C=O) groups excluding carboxylic acids is 2. The number of nitrogens with one attached hydrogen (secondary N) is 1. The van der Waals surface area contributed by atoms with E-state index in [0.29, 0.717) is 58.5 Å². The highest BCUT2D eigenvalue weighted by Gasteiger charge is 2.35. The average Bonchev–Trinajstić information content (AvgIpc) is 3.37. The number of anilines is 2. The molecule has 0 unspecified atom stereocenters.